The summed E-state index contributed by atoms with van der Waals surface area (Å²) < 4.78 is 0. The van der Waals surface area contributed by atoms with Gasteiger partial charge in [0.05, 0.1) is 0 Å². The minimum atomic E-state index is 0.408. The molecule has 1 saturated carbocycles. The van der Waals surface area contributed by atoms with Gasteiger partial charge in [-0.1, -0.05) is 0 Å². The van der Waals surface area contributed by atoms with E-state index in [1.54, 1.807) is 6.92 Å². The second kappa shape index (κ2) is 3.84. The lowest BCUT2D eigenvalue weighted by Crippen LogP contribution is -2.14. The maximum Gasteiger partial charge on any atom is 0.175 e. The zero-order valence-corrected chi connectivity index (χ0v) is 8.75. The van der Waals surface area contributed by atoms with Crippen LogP contribution in [0.2, 0.25) is 0 Å². The van der Waals surface area contributed by atoms with Crippen LogP contribution in [-0.4, -0.2) is 21.7 Å². The molecule has 5 heteroatoms. The van der Waals surface area contributed by atoms with Crippen LogP contribution in [0, 0.1) is 5.41 Å². The zero-order chi connectivity index (χ0) is 10.8. The van der Waals surface area contributed by atoms with E-state index in [2.05, 4.69) is 15.2 Å². The van der Waals surface area contributed by atoms with E-state index in [1.165, 1.54) is 12.8 Å². The molecule has 1 aromatic heterocycles. The van der Waals surface area contributed by atoms with Gasteiger partial charge in [0.25, 0.3) is 0 Å². The van der Waals surface area contributed by atoms with E-state index in [-0.39, 0.29) is 0 Å². The van der Waals surface area contributed by atoms with Crippen molar-refractivity contribution in [3.05, 3.63) is 11.8 Å². The first-order chi connectivity index (χ1) is 7.15. The highest BCUT2D eigenvalue weighted by molar-refractivity contribution is 6.00. The molecule has 15 heavy (non-hydrogen) atoms. The van der Waals surface area contributed by atoms with Gasteiger partial charge in [-0.05, 0) is 19.8 Å². The molecule has 1 aromatic rings. The van der Waals surface area contributed by atoms with E-state index in [0.717, 1.165) is 5.69 Å². The van der Waals surface area contributed by atoms with E-state index in [0.29, 0.717) is 29.7 Å². The van der Waals surface area contributed by atoms with Crippen molar-refractivity contribution in [2.24, 2.45) is 10.7 Å². The molecule has 0 spiro atoms. The number of nitrogens with one attached hydrogen (secondary N) is 2. The number of nitrogens with zero attached hydrogens (tertiary/aromatic N) is 2. The molecule has 0 amide bonds. The first-order valence-electron chi connectivity index (χ1n) is 5.07. The van der Waals surface area contributed by atoms with Gasteiger partial charge in [0.2, 0.25) is 0 Å². The molecule has 1 heterocycles. The van der Waals surface area contributed by atoms with Crippen LogP contribution in [0.4, 0.5) is 5.82 Å². The Labute approximate surface area is 88.3 Å². The minimum Gasteiger partial charge on any atom is -0.387 e. The molecule has 0 atom stereocenters. The summed E-state index contributed by atoms with van der Waals surface area (Å²) in [6, 6.07) is 1.93. The van der Waals surface area contributed by atoms with Crippen LogP contribution >= 0.6 is 0 Å². The number of hydrogen-bond acceptors (Lipinski definition) is 3. The second-order valence-corrected chi connectivity index (χ2v) is 4.02. The summed E-state index contributed by atoms with van der Waals surface area (Å²) >= 11 is 0. The molecule has 0 aromatic carbocycles. The zero-order valence-electron chi connectivity index (χ0n) is 8.75. The Morgan fingerprint density at radius 2 is 2.47 bits per heavy atom. The Morgan fingerprint density at radius 1 is 1.73 bits per heavy atom. The summed E-state index contributed by atoms with van der Waals surface area (Å²) in [5, 5.41) is 14.3. The first kappa shape index (κ1) is 9.89. The predicted octanol–water partition coefficient (Wildman–Crippen LogP) is 1.71. The number of nitrogens with two attached hydrogens (primary N) is 1. The Balaban J connectivity index is 2.05. The number of aromatic nitrogens is 2. The fourth-order valence-electron chi connectivity index (χ4n) is 1.44. The third-order valence-corrected chi connectivity index (χ3v) is 2.31. The SMILES string of the molecule is CC(=N)CC(N)=Nc1cc(C2CC2)[nH]n1. The van der Waals surface area contributed by atoms with Gasteiger partial charge < -0.3 is 11.1 Å². The highest BCUT2D eigenvalue weighted by Crippen LogP contribution is 2.39. The molecule has 1 fully saturated rings. The molecule has 1 aliphatic carbocycles. The Kier molecular flexibility index (Phi) is 2.53. The largest absolute Gasteiger partial charge is 0.387 e. The van der Waals surface area contributed by atoms with E-state index < -0.39 is 0 Å². The molecule has 5 nitrogen and oxygen atoms in total. The summed E-state index contributed by atoms with van der Waals surface area (Å²) in [6.07, 6.45) is 2.88. The van der Waals surface area contributed by atoms with Crippen LogP contribution in [0.5, 0.6) is 0 Å². The molecule has 1 aliphatic rings. The van der Waals surface area contributed by atoms with Gasteiger partial charge in [-0.25, -0.2) is 4.99 Å². The molecule has 2 rings (SSSR count). The molecule has 0 aliphatic heterocycles. The molecule has 80 valence electrons. The van der Waals surface area contributed by atoms with Crippen LogP contribution < -0.4 is 5.73 Å². The molecule has 0 radical (unpaired) electrons. The highest BCUT2D eigenvalue weighted by atomic mass is 15.2. The van der Waals surface area contributed by atoms with E-state index in [4.69, 9.17) is 11.1 Å². The smallest absolute Gasteiger partial charge is 0.175 e. The van der Waals surface area contributed by atoms with Crippen LogP contribution in [0.15, 0.2) is 11.1 Å². The monoisotopic (exact) mass is 205 g/mol. The van der Waals surface area contributed by atoms with Gasteiger partial charge in [0, 0.05) is 29.8 Å². The maximum atomic E-state index is 7.28. The van der Waals surface area contributed by atoms with Crippen molar-refractivity contribution in [2.45, 2.75) is 32.1 Å². The number of amidine groups is 1. The van der Waals surface area contributed by atoms with Crippen molar-refractivity contribution in [3.8, 4) is 0 Å². The average molecular weight is 205 g/mol. The maximum absolute atomic E-state index is 7.28. The summed E-state index contributed by atoms with van der Waals surface area (Å²) in [6.45, 7) is 1.71. The Bertz CT molecular complexity index is 400. The van der Waals surface area contributed by atoms with Crippen molar-refractivity contribution in [2.75, 3.05) is 0 Å². The Hall–Kier alpha value is -1.65. The lowest BCUT2D eigenvalue weighted by molar-refractivity contribution is 0.964. The molecular formula is C10H15N5. The minimum absolute atomic E-state index is 0.408. The van der Waals surface area contributed by atoms with Crippen molar-refractivity contribution in [3.63, 3.8) is 0 Å². The molecular weight excluding hydrogens is 190 g/mol. The van der Waals surface area contributed by atoms with Crippen molar-refractivity contribution in [1.82, 2.24) is 10.2 Å². The lowest BCUT2D eigenvalue weighted by Gasteiger charge is -1.95. The summed E-state index contributed by atoms with van der Waals surface area (Å²) in [4.78, 5) is 4.14. The molecule has 0 bridgehead atoms. The standard InChI is InChI=1S/C10H15N5/c1-6(11)4-9(12)13-10-5-8(14-15-10)7-2-3-7/h5,7,11H,2-4H2,1H3,(H3,12,13,14,15). The fraction of sp³-hybridized carbons (Fsp3) is 0.500. The van der Waals surface area contributed by atoms with E-state index >= 15 is 0 Å². The van der Waals surface area contributed by atoms with Crippen molar-refractivity contribution in [1.29, 1.82) is 5.41 Å². The van der Waals surface area contributed by atoms with Gasteiger partial charge >= 0.3 is 0 Å². The Morgan fingerprint density at radius 3 is 3.07 bits per heavy atom. The number of hydrogen-bond donors (Lipinski definition) is 3. The number of H-pyrrole nitrogens is 1. The quantitative estimate of drug-likeness (QED) is 0.515. The van der Waals surface area contributed by atoms with Gasteiger partial charge in [0.1, 0.15) is 5.84 Å². The third-order valence-electron chi connectivity index (χ3n) is 2.31. The summed E-state index contributed by atoms with van der Waals surface area (Å²) in [5.41, 5.74) is 7.32. The number of aliphatic imine (C=N–C) groups is 1. The first-order valence-corrected chi connectivity index (χ1v) is 5.07. The van der Waals surface area contributed by atoms with E-state index in [9.17, 15) is 0 Å². The third kappa shape index (κ3) is 2.65. The van der Waals surface area contributed by atoms with Gasteiger partial charge in [0.15, 0.2) is 5.82 Å². The summed E-state index contributed by atoms with van der Waals surface area (Å²) in [5.74, 6) is 1.71. The van der Waals surface area contributed by atoms with Crippen LogP contribution in [0.3, 0.4) is 0 Å². The second-order valence-electron chi connectivity index (χ2n) is 4.02. The number of rotatable bonds is 4. The van der Waals surface area contributed by atoms with Crippen LogP contribution in [0.1, 0.15) is 37.8 Å². The topological polar surface area (TPSA) is 90.9 Å². The fourth-order valence-corrected chi connectivity index (χ4v) is 1.44. The van der Waals surface area contributed by atoms with Gasteiger partial charge in [-0.15, -0.1) is 0 Å². The highest BCUT2D eigenvalue weighted by Gasteiger charge is 2.25. The number of aromatic amines is 1. The van der Waals surface area contributed by atoms with Crippen molar-refractivity contribution < 1.29 is 0 Å². The van der Waals surface area contributed by atoms with Crippen LogP contribution in [0.25, 0.3) is 0 Å². The van der Waals surface area contributed by atoms with Crippen LogP contribution in [-0.2, 0) is 0 Å². The summed E-state index contributed by atoms with van der Waals surface area (Å²) in [7, 11) is 0. The average Bonchev–Trinajstić information content (AvgIpc) is 2.87. The predicted molar refractivity (Wildman–Crippen MR) is 59.9 cm³/mol. The molecule has 0 unspecified atom stereocenters. The van der Waals surface area contributed by atoms with Gasteiger partial charge in [-0.3, -0.25) is 5.10 Å². The lowest BCUT2D eigenvalue weighted by atomic mass is 10.3. The van der Waals surface area contributed by atoms with Crippen molar-refractivity contribution >= 4 is 17.4 Å². The normalized spacial score (nSPS) is 16.7. The van der Waals surface area contributed by atoms with E-state index in [1.807, 2.05) is 6.07 Å². The van der Waals surface area contributed by atoms with Gasteiger partial charge in [-0.2, -0.15) is 5.10 Å². The molecule has 0 saturated heterocycles. The molecule has 4 N–H and O–H groups in total.